The largest absolute Gasteiger partial charge is 0.306 e. The highest BCUT2D eigenvalue weighted by molar-refractivity contribution is 6.07. The number of hydrogen-bond acceptors (Lipinski definition) is 3. The Bertz CT molecular complexity index is 1120. The van der Waals surface area contributed by atoms with Gasteiger partial charge in [-0.15, -0.1) is 0 Å². The van der Waals surface area contributed by atoms with E-state index in [2.05, 4.69) is 9.97 Å². The van der Waals surface area contributed by atoms with Crippen LogP contribution in [0, 0.1) is 11.6 Å². The van der Waals surface area contributed by atoms with Crippen molar-refractivity contribution >= 4 is 5.78 Å². The van der Waals surface area contributed by atoms with Gasteiger partial charge in [-0.2, -0.15) is 0 Å². The van der Waals surface area contributed by atoms with Crippen LogP contribution < -0.4 is 0 Å². The maximum Gasteiger partial charge on any atom is 0.212 e. The molecule has 0 fully saturated rings. The first kappa shape index (κ1) is 16.8. The lowest BCUT2D eigenvalue weighted by molar-refractivity contribution is 0.103. The molecule has 0 aliphatic carbocycles. The van der Waals surface area contributed by atoms with Crippen molar-refractivity contribution in [3.05, 3.63) is 102 Å². The molecule has 2 aromatic carbocycles. The average molecular weight is 361 g/mol. The summed E-state index contributed by atoms with van der Waals surface area (Å²) < 4.78 is 28.7. The molecule has 0 atom stereocenters. The second kappa shape index (κ2) is 6.92. The summed E-state index contributed by atoms with van der Waals surface area (Å²) in [4.78, 5) is 20.4. The number of benzene rings is 2. The van der Waals surface area contributed by atoms with E-state index in [9.17, 15) is 13.6 Å². The van der Waals surface area contributed by atoms with Gasteiger partial charge in [-0.3, -0.25) is 9.78 Å². The predicted octanol–water partition coefficient (Wildman–Crippen LogP) is 4.44. The van der Waals surface area contributed by atoms with Gasteiger partial charge in [0.25, 0.3) is 0 Å². The van der Waals surface area contributed by atoms with Crippen LogP contribution in [0.4, 0.5) is 8.78 Å². The van der Waals surface area contributed by atoms with Gasteiger partial charge in [-0.25, -0.2) is 13.8 Å². The van der Waals surface area contributed by atoms with Crippen molar-refractivity contribution in [2.75, 3.05) is 0 Å². The van der Waals surface area contributed by atoms with E-state index in [-0.39, 0.29) is 11.5 Å². The Morgan fingerprint density at radius 2 is 1.81 bits per heavy atom. The Morgan fingerprint density at radius 1 is 1.00 bits per heavy atom. The quantitative estimate of drug-likeness (QED) is 0.505. The maximum absolute atomic E-state index is 14.0. The third-order valence-corrected chi connectivity index (χ3v) is 4.15. The van der Waals surface area contributed by atoms with Gasteiger partial charge < -0.3 is 4.57 Å². The van der Waals surface area contributed by atoms with E-state index in [0.717, 1.165) is 5.69 Å². The third-order valence-electron chi connectivity index (χ3n) is 4.15. The van der Waals surface area contributed by atoms with E-state index in [1.807, 2.05) is 6.07 Å². The zero-order valence-electron chi connectivity index (χ0n) is 14.0. The molecule has 0 bridgehead atoms. The SMILES string of the molecule is O=C(c1ccc(F)cc1)c1cn(-c2cccc(-c3ccncc3F)c2)cn1. The van der Waals surface area contributed by atoms with Gasteiger partial charge in [0.1, 0.15) is 23.7 Å². The van der Waals surface area contributed by atoms with E-state index in [1.54, 1.807) is 35.0 Å². The van der Waals surface area contributed by atoms with Crippen LogP contribution in [-0.4, -0.2) is 20.3 Å². The summed E-state index contributed by atoms with van der Waals surface area (Å²) in [5.41, 5.74) is 2.45. The Morgan fingerprint density at radius 3 is 2.59 bits per heavy atom. The number of hydrogen-bond donors (Lipinski definition) is 0. The maximum atomic E-state index is 14.0. The van der Waals surface area contributed by atoms with Gasteiger partial charge in [0.05, 0.1) is 6.20 Å². The Kier molecular flexibility index (Phi) is 4.30. The molecule has 132 valence electrons. The lowest BCUT2D eigenvalue weighted by Gasteiger charge is -2.07. The number of pyridine rings is 1. The van der Waals surface area contributed by atoms with Crippen LogP contribution in [0.25, 0.3) is 16.8 Å². The fourth-order valence-corrected chi connectivity index (χ4v) is 2.77. The molecule has 4 nitrogen and oxygen atoms in total. The molecule has 0 N–H and O–H groups in total. The van der Waals surface area contributed by atoms with Gasteiger partial charge in [0.15, 0.2) is 0 Å². The summed E-state index contributed by atoms with van der Waals surface area (Å²) >= 11 is 0. The van der Waals surface area contributed by atoms with Gasteiger partial charge in [0.2, 0.25) is 5.78 Å². The molecule has 2 heterocycles. The lowest BCUT2D eigenvalue weighted by atomic mass is 10.1. The van der Waals surface area contributed by atoms with Crippen LogP contribution in [0.3, 0.4) is 0 Å². The number of nitrogens with zero attached hydrogens (tertiary/aromatic N) is 3. The topological polar surface area (TPSA) is 47.8 Å². The molecule has 4 aromatic rings. The van der Waals surface area contributed by atoms with Crippen LogP contribution in [0.5, 0.6) is 0 Å². The molecule has 27 heavy (non-hydrogen) atoms. The Hall–Kier alpha value is -3.67. The molecule has 2 aromatic heterocycles. The number of carbonyl (C=O) groups excluding carboxylic acids is 1. The van der Waals surface area contributed by atoms with Gasteiger partial charge >= 0.3 is 0 Å². The van der Waals surface area contributed by atoms with E-state index in [1.165, 1.54) is 43.0 Å². The molecule has 0 saturated carbocycles. The molecule has 0 unspecified atom stereocenters. The number of rotatable bonds is 4. The monoisotopic (exact) mass is 361 g/mol. The first-order chi connectivity index (χ1) is 13.1. The highest BCUT2D eigenvalue weighted by Crippen LogP contribution is 2.24. The molecule has 0 aliphatic rings. The third kappa shape index (κ3) is 3.37. The molecular weight excluding hydrogens is 348 g/mol. The molecule has 0 aliphatic heterocycles. The second-order valence-corrected chi connectivity index (χ2v) is 5.91. The number of halogens is 2. The second-order valence-electron chi connectivity index (χ2n) is 5.91. The van der Waals surface area contributed by atoms with Crippen molar-refractivity contribution < 1.29 is 13.6 Å². The smallest absolute Gasteiger partial charge is 0.212 e. The fraction of sp³-hybridized carbons (Fsp3) is 0. The lowest BCUT2D eigenvalue weighted by Crippen LogP contribution is -2.01. The summed E-state index contributed by atoms with van der Waals surface area (Å²) in [6, 6.07) is 14.1. The highest BCUT2D eigenvalue weighted by atomic mass is 19.1. The zero-order chi connectivity index (χ0) is 18.8. The van der Waals surface area contributed by atoms with Crippen LogP contribution in [0.1, 0.15) is 16.1 Å². The van der Waals surface area contributed by atoms with E-state index in [0.29, 0.717) is 16.7 Å². The number of ketones is 1. The van der Waals surface area contributed by atoms with Crippen molar-refractivity contribution in [1.82, 2.24) is 14.5 Å². The first-order valence-corrected chi connectivity index (χ1v) is 8.16. The summed E-state index contributed by atoms with van der Waals surface area (Å²) in [6.07, 6.45) is 5.80. The number of carbonyl (C=O) groups is 1. The number of aromatic nitrogens is 3. The summed E-state index contributed by atoms with van der Waals surface area (Å²) in [6.45, 7) is 0. The number of imidazole rings is 1. The van der Waals surface area contributed by atoms with Crippen molar-refractivity contribution in [1.29, 1.82) is 0 Å². The van der Waals surface area contributed by atoms with Crippen LogP contribution in [0.2, 0.25) is 0 Å². The molecule has 4 rings (SSSR count). The highest BCUT2D eigenvalue weighted by Gasteiger charge is 2.13. The van der Waals surface area contributed by atoms with Gasteiger partial charge in [-0.05, 0) is 48.0 Å². The first-order valence-electron chi connectivity index (χ1n) is 8.16. The normalized spacial score (nSPS) is 10.7. The minimum absolute atomic E-state index is 0.238. The van der Waals surface area contributed by atoms with Crippen molar-refractivity contribution in [2.45, 2.75) is 0 Å². The molecule has 6 heteroatoms. The van der Waals surface area contributed by atoms with E-state index >= 15 is 0 Å². The van der Waals surface area contributed by atoms with Crippen molar-refractivity contribution in [3.8, 4) is 16.8 Å². The van der Waals surface area contributed by atoms with E-state index in [4.69, 9.17) is 0 Å². The fourth-order valence-electron chi connectivity index (χ4n) is 2.77. The Balaban J connectivity index is 1.66. The minimum Gasteiger partial charge on any atom is -0.306 e. The molecule has 0 saturated heterocycles. The minimum atomic E-state index is -0.410. The predicted molar refractivity (Wildman–Crippen MR) is 96.6 cm³/mol. The molecular formula is C21H13F2N3O. The molecule has 0 radical (unpaired) electrons. The van der Waals surface area contributed by atoms with Crippen LogP contribution in [0.15, 0.2) is 79.5 Å². The summed E-state index contributed by atoms with van der Waals surface area (Å²) in [7, 11) is 0. The van der Waals surface area contributed by atoms with Gasteiger partial charge in [-0.1, -0.05) is 12.1 Å². The van der Waals surface area contributed by atoms with Gasteiger partial charge in [0, 0.05) is 29.2 Å². The van der Waals surface area contributed by atoms with E-state index < -0.39 is 11.6 Å². The molecule has 0 spiro atoms. The van der Waals surface area contributed by atoms with Crippen molar-refractivity contribution in [2.24, 2.45) is 0 Å². The summed E-state index contributed by atoms with van der Waals surface area (Å²) in [5.74, 6) is -1.12. The zero-order valence-corrected chi connectivity index (χ0v) is 14.0. The molecule has 0 amide bonds. The Labute approximate surface area is 153 Å². The van der Waals surface area contributed by atoms with Crippen molar-refractivity contribution in [3.63, 3.8) is 0 Å². The van der Waals surface area contributed by atoms with Crippen LogP contribution >= 0.6 is 0 Å². The standard InChI is InChI=1S/C21H13F2N3O/c22-16-6-4-14(5-7-16)21(27)20-12-26(13-25-20)17-3-1-2-15(10-17)18-8-9-24-11-19(18)23/h1-13H. The summed E-state index contributed by atoms with van der Waals surface area (Å²) in [5, 5.41) is 0. The van der Waals surface area contributed by atoms with Crippen LogP contribution in [-0.2, 0) is 0 Å². The average Bonchev–Trinajstić information content (AvgIpc) is 3.19.